The Kier molecular flexibility index (Phi) is 5.25. The van der Waals surface area contributed by atoms with Crippen LogP contribution in [-0.2, 0) is 0 Å². The van der Waals surface area contributed by atoms with Crippen molar-refractivity contribution in [1.82, 2.24) is 4.98 Å². The summed E-state index contributed by atoms with van der Waals surface area (Å²) < 4.78 is 0. The van der Waals surface area contributed by atoms with E-state index in [9.17, 15) is 0 Å². The van der Waals surface area contributed by atoms with Crippen LogP contribution in [0.5, 0.6) is 0 Å². The standard InChI is InChI=1S/C19H14Cl2N4/c1-12(24-25-22)15-10-18(13-2-6-16(20)7-3-13)19(23-11-15)14-4-8-17(21)9-5-14/h2-12H,1H3. The topological polar surface area (TPSA) is 61.7 Å². The highest BCUT2D eigenvalue weighted by molar-refractivity contribution is 6.31. The molecule has 0 N–H and O–H groups in total. The molecular formula is C19H14Cl2N4. The van der Waals surface area contributed by atoms with Crippen LogP contribution >= 0.6 is 23.2 Å². The molecule has 3 aromatic rings. The van der Waals surface area contributed by atoms with Gasteiger partial charge >= 0.3 is 0 Å². The molecule has 0 radical (unpaired) electrons. The molecule has 1 unspecified atom stereocenters. The van der Waals surface area contributed by atoms with Gasteiger partial charge in [0.15, 0.2) is 0 Å². The molecule has 0 fully saturated rings. The highest BCUT2D eigenvalue weighted by Gasteiger charge is 2.13. The molecule has 1 aromatic heterocycles. The minimum atomic E-state index is -0.303. The van der Waals surface area contributed by atoms with Crippen LogP contribution in [0.2, 0.25) is 10.0 Å². The van der Waals surface area contributed by atoms with Crippen LogP contribution < -0.4 is 0 Å². The maximum atomic E-state index is 8.68. The van der Waals surface area contributed by atoms with Gasteiger partial charge in [-0.25, -0.2) is 0 Å². The van der Waals surface area contributed by atoms with Crippen LogP contribution in [0, 0.1) is 0 Å². The Morgan fingerprint density at radius 3 is 2.08 bits per heavy atom. The summed E-state index contributed by atoms with van der Waals surface area (Å²) in [6.07, 6.45) is 1.74. The lowest BCUT2D eigenvalue weighted by Crippen LogP contribution is -1.95. The van der Waals surface area contributed by atoms with Crippen LogP contribution in [0.3, 0.4) is 0 Å². The number of pyridine rings is 1. The summed E-state index contributed by atoms with van der Waals surface area (Å²) in [7, 11) is 0. The average Bonchev–Trinajstić information content (AvgIpc) is 2.63. The Balaban J connectivity index is 2.18. The second kappa shape index (κ2) is 7.58. The number of hydrogen-bond donors (Lipinski definition) is 0. The van der Waals surface area contributed by atoms with Gasteiger partial charge in [0.1, 0.15) is 0 Å². The molecule has 2 aromatic carbocycles. The third-order valence-electron chi connectivity index (χ3n) is 3.89. The Labute approximate surface area is 155 Å². The number of benzene rings is 2. The molecule has 0 bridgehead atoms. The van der Waals surface area contributed by atoms with Crippen LogP contribution in [0.4, 0.5) is 0 Å². The maximum absolute atomic E-state index is 8.68. The van der Waals surface area contributed by atoms with E-state index in [0.29, 0.717) is 10.0 Å². The molecular weight excluding hydrogens is 355 g/mol. The third-order valence-corrected chi connectivity index (χ3v) is 4.39. The largest absolute Gasteiger partial charge is 0.255 e. The molecule has 4 nitrogen and oxygen atoms in total. The molecule has 0 aliphatic rings. The van der Waals surface area contributed by atoms with Crippen molar-refractivity contribution in [3.63, 3.8) is 0 Å². The Morgan fingerprint density at radius 1 is 0.960 bits per heavy atom. The second-order valence-electron chi connectivity index (χ2n) is 5.56. The van der Waals surface area contributed by atoms with E-state index in [1.165, 1.54) is 0 Å². The van der Waals surface area contributed by atoms with Crippen molar-refractivity contribution in [2.24, 2.45) is 5.11 Å². The second-order valence-corrected chi connectivity index (χ2v) is 6.43. The van der Waals surface area contributed by atoms with E-state index >= 15 is 0 Å². The van der Waals surface area contributed by atoms with Gasteiger partial charge in [-0.15, -0.1) is 0 Å². The SMILES string of the molecule is CC(N=[N+]=[N-])c1cnc(-c2ccc(Cl)cc2)c(-c2ccc(Cl)cc2)c1. The van der Waals surface area contributed by atoms with Crippen molar-refractivity contribution in [3.8, 4) is 22.4 Å². The zero-order valence-electron chi connectivity index (χ0n) is 13.4. The minimum Gasteiger partial charge on any atom is -0.255 e. The molecule has 0 spiro atoms. The summed E-state index contributed by atoms with van der Waals surface area (Å²) in [5.74, 6) is 0. The van der Waals surface area contributed by atoms with Crippen LogP contribution in [0.25, 0.3) is 32.8 Å². The number of azide groups is 1. The molecule has 0 saturated heterocycles. The molecule has 25 heavy (non-hydrogen) atoms. The first kappa shape index (κ1) is 17.3. The molecule has 1 atom stereocenters. The van der Waals surface area contributed by atoms with E-state index in [4.69, 9.17) is 28.7 Å². The van der Waals surface area contributed by atoms with Gasteiger partial charge in [-0.2, -0.15) is 0 Å². The van der Waals surface area contributed by atoms with Crippen LogP contribution in [-0.4, -0.2) is 4.98 Å². The van der Waals surface area contributed by atoms with Crippen molar-refractivity contribution in [1.29, 1.82) is 0 Å². The fourth-order valence-electron chi connectivity index (χ4n) is 2.54. The van der Waals surface area contributed by atoms with Crippen molar-refractivity contribution in [3.05, 3.63) is 86.8 Å². The predicted molar refractivity (Wildman–Crippen MR) is 103 cm³/mol. The van der Waals surface area contributed by atoms with Crippen molar-refractivity contribution < 1.29 is 0 Å². The quantitative estimate of drug-likeness (QED) is 0.275. The van der Waals surface area contributed by atoms with Gasteiger partial charge in [0.2, 0.25) is 0 Å². The van der Waals surface area contributed by atoms with Crippen molar-refractivity contribution >= 4 is 23.2 Å². The normalized spacial score (nSPS) is 11.6. The predicted octanol–water partition coefficient (Wildman–Crippen LogP) is 7.09. The maximum Gasteiger partial charge on any atom is 0.0780 e. The van der Waals surface area contributed by atoms with Gasteiger partial charge in [0.25, 0.3) is 0 Å². The monoisotopic (exact) mass is 368 g/mol. The molecule has 0 amide bonds. The van der Waals surface area contributed by atoms with E-state index in [1.807, 2.05) is 61.5 Å². The van der Waals surface area contributed by atoms with Crippen molar-refractivity contribution in [2.45, 2.75) is 13.0 Å². The highest BCUT2D eigenvalue weighted by atomic mass is 35.5. The molecule has 0 aliphatic heterocycles. The summed E-state index contributed by atoms with van der Waals surface area (Å²) in [5.41, 5.74) is 13.2. The number of rotatable bonds is 4. The zero-order chi connectivity index (χ0) is 17.8. The van der Waals surface area contributed by atoms with Gasteiger partial charge in [-0.1, -0.05) is 59.5 Å². The summed E-state index contributed by atoms with van der Waals surface area (Å²) in [6.45, 7) is 1.84. The third kappa shape index (κ3) is 3.94. The Morgan fingerprint density at radius 2 is 1.52 bits per heavy atom. The fourth-order valence-corrected chi connectivity index (χ4v) is 2.79. The lowest BCUT2D eigenvalue weighted by Gasteiger charge is -2.13. The first-order valence-corrected chi connectivity index (χ1v) is 8.40. The van der Waals surface area contributed by atoms with Gasteiger partial charge < -0.3 is 0 Å². The van der Waals surface area contributed by atoms with Gasteiger partial charge in [0.05, 0.1) is 11.7 Å². The Bertz CT molecular complexity index is 931. The molecule has 3 rings (SSSR count). The molecule has 124 valence electrons. The summed E-state index contributed by atoms with van der Waals surface area (Å²) >= 11 is 12.0. The van der Waals surface area contributed by atoms with Crippen LogP contribution in [0.15, 0.2) is 65.9 Å². The Hall–Kier alpha value is -2.52. The first-order chi connectivity index (χ1) is 12.1. The fraction of sp³-hybridized carbons (Fsp3) is 0.105. The van der Waals surface area contributed by atoms with E-state index in [2.05, 4.69) is 15.0 Å². The molecule has 0 saturated carbocycles. The van der Waals surface area contributed by atoms with E-state index in [1.54, 1.807) is 6.20 Å². The number of hydrogen-bond acceptors (Lipinski definition) is 2. The number of aromatic nitrogens is 1. The lowest BCUT2D eigenvalue weighted by molar-refractivity contribution is 0.802. The first-order valence-electron chi connectivity index (χ1n) is 7.64. The average molecular weight is 369 g/mol. The lowest BCUT2D eigenvalue weighted by atomic mass is 9.96. The van der Waals surface area contributed by atoms with E-state index in [-0.39, 0.29) is 6.04 Å². The number of nitrogens with zero attached hydrogens (tertiary/aromatic N) is 4. The molecule has 0 aliphatic carbocycles. The minimum absolute atomic E-state index is 0.303. The smallest absolute Gasteiger partial charge is 0.0780 e. The van der Waals surface area contributed by atoms with E-state index < -0.39 is 0 Å². The highest BCUT2D eigenvalue weighted by Crippen LogP contribution is 2.34. The summed E-state index contributed by atoms with van der Waals surface area (Å²) in [6, 6.07) is 16.8. The van der Waals surface area contributed by atoms with Gasteiger partial charge in [-0.05, 0) is 47.0 Å². The van der Waals surface area contributed by atoms with Crippen LogP contribution in [0.1, 0.15) is 18.5 Å². The number of halogens is 2. The van der Waals surface area contributed by atoms with E-state index in [0.717, 1.165) is 27.9 Å². The van der Waals surface area contributed by atoms with Crippen molar-refractivity contribution in [2.75, 3.05) is 0 Å². The molecule has 1 heterocycles. The van der Waals surface area contributed by atoms with Gasteiger partial charge in [0, 0.05) is 32.3 Å². The van der Waals surface area contributed by atoms with Gasteiger partial charge in [-0.3, -0.25) is 4.98 Å². The molecule has 6 heteroatoms. The zero-order valence-corrected chi connectivity index (χ0v) is 14.9. The summed E-state index contributed by atoms with van der Waals surface area (Å²) in [5, 5.41) is 5.10. The summed E-state index contributed by atoms with van der Waals surface area (Å²) in [4.78, 5) is 7.50.